The third-order valence-corrected chi connectivity index (χ3v) is 3.70. The molecule has 0 aromatic rings. The molecule has 0 saturated heterocycles. The summed E-state index contributed by atoms with van der Waals surface area (Å²) in [5.74, 6) is -1.88. The number of ether oxygens (including phenoxy) is 1. The average molecular weight is 341 g/mol. The molecule has 2 N–H and O–H groups in total. The number of halogens is 1. The minimum Gasteiger partial charge on any atom is -0.481 e. The van der Waals surface area contributed by atoms with Crippen LogP contribution in [0, 0.1) is 5.92 Å². The van der Waals surface area contributed by atoms with Gasteiger partial charge in [0.15, 0.2) is 0 Å². The summed E-state index contributed by atoms with van der Waals surface area (Å²) in [5.41, 5.74) is 0.722. The lowest BCUT2D eigenvalue weighted by Crippen LogP contribution is -2.43. The Balaban J connectivity index is 2.43. The Morgan fingerprint density at radius 2 is 2.13 bits per heavy atom. The van der Waals surface area contributed by atoms with E-state index in [1.807, 2.05) is 6.08 Å². The van der Waals surface area contributed by atoms with Gasteiger partial charge >= 0.3 is 12.1 Å². The number of amides is 1. The fourth-order valence-electron chi connectivity index (χ4n) is 2.41. The number of aliphatic carboxylic acids is 1. The van der Waals surface area contributed by atoms with Crippen molar-refractivity contribution in [2.24, 2.45) is 5.92 Å². The smallest absolute Gasteiger partial charge is 0.414 e. The summed E-state index contributed by atoms with van der Waals surface area (Å²) in [6, 6.07) is 0. The molecule has 2 heterocycles. The molecule has 0 aliphatic carbocycles. The molecule has 0 bridgehead atoms. The Bertz CT molecular complexity index is 602. The molecule has 2 aliphatic heterocycles. The summed E-state index contributed by atoms with van der Waals surface area (Å²) in [6.45, 7) is 6.01. The second-order valence-corrected chi connectivity index (χ2v) is 6.87. The number of rotatable bonds is 1. The van der Waals surface area contributed by atoms with Crippen LogP contribution < -0.4 is 5.32 Å². The summed E-state index contributed by atoms with van der Waals surface area (Å²) in [7, 11) is 0. The molecule has 0 radical (unpaired) electrons. The summed E-state index contributed by atoms with van der Waals surface area (Å²) < 4.78 is 5.41. The van der Waals surface area contributed by atoms with Gasteiger partial charge in [0.25, 0.3) is 0 Å². The molecule has 6 nitrogen and oxygen atoms in total. The molecule has 1 atom stereocenters. The SMILES string of the molecule is CC(C)(C)OC(=O)N1CC(C(=O)O)C=C(Cl)C1=C1C=CNCC1. The average Bonchev–Trinajstić information content (AvgIpc) is 2.45. The van der Waals surface area contributed by atoms with E-state index in [2.05, 4.69) is 5.32 Å². The summed E-state index contributed by atoms with van der Waals surface area (Å²) in [5, 5.41) is 12.6. The third kappa shape index (κ3) is 4.28. The van der Waals surface area contributed by atoms with Gasteiger partial charge in [0.2, 0.25) is 0 Å². The Morgan fingerprint density at radius 3 is 2.65 bits per heavy atom. The van der Waals surface area contributed by atoms with Crippen molar-refractivity contribution in [2.75, 3.05) is 13.1 Å². The molecule has 0 aromatic carbocycles. The number of carbonyl (C=O) groups is 2. The highest BCUT2D eigenvalue weighted by Gasteiger charge is 2.35. The van der Waals surface area contributed by atoms with Gasteiger partial charge in [-0.15, -0.1) is 0 Å². The fraction of sp³-hybridized carbons (Fsp3) is 0.500. The van der Waals surface area contributed by atoms with Gasteiger partial charge in [-0.1, -0.05) is 11.6 Å². The van der Waals surface area contributed by atoms with Crippen molar-refractivity contribution in [3.63, 3.8) is 0 Å². The predicted molar refractivity (Wildman–Crippen MR) is 86.8 cm³/mol. The molecule has 2 aliphatic rings. The number of hydrogen-bond acceptors (Lipinski definition) is 4. The Kier molecular flexibility index (Phi) is 5.04. The van der Waals surface area contributed by atoms with Crippen LogP contribution in [0.2, 0.25) is 0 Å². The number of carboxylic acids is 1. The third-order valence-electron chi connectivity index (χ3n) is 3.40. The van der Waals surface area contributed by atoms with E-state index >= 15 is 0 Å². The van der Waals surface area contributed by atoms with Gasteiger partial charge in [-0.3, -0.25) is 9.69 Å². The van der Waals surface area contributed by atoms with Crippen LogP contribution in [-0.2, 0) is 9.53 Å². The first-order valence-electron chi connectivity index (χ1n) is 7.43. The highest BCUT2D eigenvalue weighted by atomic mass is 35.5. The van der Waals surface area contributed by atoms with Crippen molar-refractivity contribution in [3.05, 3.63) is 34.7 Å². The van der Waals surface area contributed by atoms with Crippen molar-refractivity contribution in [2.45, 2.75) is 32.8 Å². The predicted octanol–water partition coefficient (Wildman–Crippen LogP) is 2.82. The van der Waals surface area contributed by atoms with Crippen molar-refractivity contribution < 1.29 is 19.4 Å². The zero-order valence-corrected chi connectivity index (χ0v) is 14.2. The molecular weight excluding hydrogens is 320 g/mol. The number of carboxylic acid groups (broad SMARTS) is 1. The van der Waals surface area contributed by atoms with E-state index in [4.69, 9.17) is 16.3 Å². The van der Waals surface area contributed by atoms with Crippen molar-refractivity contribution >= 4 is 23.7 Å². The van der Waals surface area contributed by atoms with Crippen LogP contribution in [-0.4, -0.2) is 40.8 Å². The lowest BCUT2D eigenvalue weighted by molar-refractivity contribution is -0.140. The highest BCUT2D eigenvalue weighted by molar-refractivity contribution is 6.32. The quantitative estimate of drug-likeness (QED) is 0.767. The van der Waals surface area contributed by atoms with Gasteiger partial charge in [0, 0.05) is 13.1 Å². The maximum atomic E-state index is 12.5. The van der Waals surface area contributed by atoms with Crippen LogP contribution >= 0.6 is 11.6 Å². The first kappa shape index (κ1) is 17.4. The second kappa shape index (κ2) is 6.66. The zero-order valence-electron chi connectivity index (χ0n) is 13.4. The van der Waals surface area contributed by atoms with Gasteiger partial charge in [-0.25, -0.2) is 4.79 Å². The largest absolute Gasteiger partial charge is 0.481 e. The van der Waals surface area contributed by atoms with Gasteiger partial charge in [-0.05, 0) is 51.1 Å². The minimum atomic E-state index is -1.03. The molecular formula is C16H21ClN2O4. The monoisotopic (exact) mass is 340 g/mol. The lowest BCUT2D eigenvalue weighted by Gasteiger charge is -2.34. The Labute approximate surface area is 140 Å². The molecule has 7 heteroatoms. The summed E-state index contributed by atoms with van der Waals surface area (Å²) in [4.78, 5) is 25.2. The molecule has 2 rings (SSSR count). The van der Waals surface area contributed by atoms with E-state index in [0.717, 1.165) is 12.1 Å². The zero-order chi connectivity index (χ0) is 17.2. The van der Waals surface area contributed by atoms with Crippen LogP contribution in [0.5, 0.6) is 0 Å². The first-order valence-corrected chi connectivity index (χ1v) is 7.81. The van der Waals surface area contributed by atoms with Crippen molar-refractivity contribution in [3.8, 4) is 0 Å². The standard InChI is InChI=1S/C16H21ClN2O4/c1-16(2,3)23-15(22)19-9-11(14(20)21)8-12(17)13(19)10-4-6-18-7-5-10/h4,6,8,11,18H,5,7,9H2,1-3H3,(H,20,21). The maximum Gasteiger partial charge on any atom is 0.414 e. The van der Waals surface area contributed by atoms with Gasteiger partial charge < -0.3 is 15.2 Å². The molecule has 0 aromatic heterocycles. The number of nitrogens with one attached hydrogen (secondary N) is 1. The van der Waals surface area contributed by atoms with E-state index in [1.165, 1.54) is 11.0 Å². The Hall–Kier alpha value is -1.95. The minimum absolute atomic E-state index is 0.000564. The van der Waals surface area contributed by atoms with Crippen LogP contribution in [0.1, 0.15) is 27.2 Å². The molecule has 1 unspecified atom stereocenters. The molecule has 1 amide bonds. The first-order chi connectivity index (χ1) is 10.7. The van der Waals surface area contributed by atoms with Crippen LogP contribution in [0.3, 0.4) is 0 Å². The molecule has 126 valence electrons. The number of carbonyl (C=O) groups excluding carboxylic acids is 1. The van der Waals surface area contributed by atoms with Gasteiger partial charge in [-0.2, -0.15) is 0 Å². The van der Waals surface area contributed by atoms with E-state index in [0.29, 0.717) is 12.1 Å². The number of allylic oxidation sites excluding steroid dienone is 2. The van der Waals surface area contributed by atoms with Crippen LogP contribution in [0.4, 0.5) is 4.79 Å². The second-order valence-electron chi connectivity index (χ2n) is 6.46. The topological polar surface area (TPSA) is 78.9 Å². The van der Waals surface area contributed by atoms with Crippen LogP contribution in [0.15, 0.2) is 34.7 Å². The Morgan fingerprint density at radius 1 is 1.43 bits per heavy atom. The number of nitrogens with zero attached hydrogens (tertiary/aromatic N) is 1. The van der Waals surface area contributed by atoms with E-state index < -0.39 is 23.6 Å². The summed E-state index contributed by atoms with van der Waals surface area (Å²) in [6.07, 6.45) is 5.19. The molecule has 0 fully saturated rings. The van der Waals surface area contributed by atoms with Crippen LogP contribution in [0.25, 0.3) is 0 Å². The van der Waals surface area contributed by atoms with E-state index in [9.17, 15) is 14.7 Å². The molecule has 23 heavy (non-hydrogen) atoms. The normalized spacial score (nSPS) is 24.8. The summed E-state index contributed by atoms with van der Waals surface area (Å²) >= 11 is 6.30. The van der Waals surface area contributed by atoms with E-state index in [-0.39, 0.29) is 11.6 Å². The van der Waals surface area contributed by atoms with Crippen molar-refractivity contribution in [1.29, 1.82) is 0 Å². The maximum absolute atomic E-state index is 12.5. The van der Waals surface area contributed by atoms with Crippen molar-refractivity contribution in [1.82, 2.24) is 10.2 Å². The van der Waals surface area contributed by atoms with Gasteiger partial charge in [0.1, 0.15) is 5.60 Å². The van der Waals surface area contributed by atoms with E-state index in [1.54, 1.807) is 27.0 Å². The molecule has 0 saturated carbocycles. The fourth-order valence-corrected chi connectivity index (χ4v) is 2.79. The lowest BCUT2D eigenvalue weighted by atomic mass is 9.99. The highest BCUT2D eigenvalue weighted by Crippen LogP contribution is 2.33. The number of hydrogen-bond donors (Lipinski definition) is 2. The van der Waals surface area contributed by atoms with Gasteiger partial charge in [0.05, 0.1) is 16.6 Å². The molecule has 0 spiro atoms.